The molecule has 0 N–H and O–H groups in total. The molecule has 0 aromatic heterocycles. The second kappa shape index (κ2) is 4.01. The van der Waals surface area contributed by atoms with Gasteiger partial charge in [-0.1, -0.05) is 26.7 Å². The molecule has 1 saturated carbocycles. The van der Waals surface area contributed by atoms with E-state index in [1.54, 1.807) is 0 Å². The second-order valence-electron chi connectivity index (χ2n) is 5.26. The first kappa shape index (κ1) is 11.7. The zero-order valence-corrected chi connectivity index (χ0v) is 9.80. The second-order valence-corrected chi connectivity index (χ2v) is 5.26. The molecule has 0 saturated heterocycles. The van der Waals surface area contributed by atoms with E-state index in [-0.39, 0.29) is 11.5 Å². The monoisotopic (exact) mass is 198 g/mol. The Bertz CT molecular complexity index is 208. The molecule has 0 radical (unpaired) electrons. The molecule has 0 heterocycles. The van der Waals surface area contributed by atoms with Gasteiger partial charge >= 0.3 is 0 Å². The standard InChI is InChI=1S/C12H22O2/c1-10(2)14-12(9-13)8-6-5-7-11(12,3)4/h9-10H,5-8H2,1-4H3. The molecule has 0 aliphatic heterocycles. The van der Waals surface area contributed by atoms with Crippen LogP contribution in [0.1, 0.15) is 53.4 Å². The number of ether oxygens (including phenoxy) is 1. The van der Waals surface area contributed by atoms with Gasteiger partial charge in [0.2, 0.25) is 0 Å². The number of rotatable bonds is 3. The molecule has 1 aliphatic rings. The van der Waals surface area contributed by atoms with Gasteiger partial charge in [0.1, 0.15) is 5.60 Å². The Hall–Kier alpha value is -0.370. The third kappa shape index (κ3) is 2.00. The molecule has 1 rings (SSSR count). The number of aldehydes is 1. The summed E-state index contributed by atoms with van der Waals surface area (Å²) in [6, 6.07) is 0. The van der Waals surface area contributed by atoms with Gasteiger partial charge in [-0.15, -0.1) is 0 Å². The van der Waals surface area contributed by atoms with Gasteiger partial charge in [0.15, 0.2) is 6.29 Å². The van der Waals surface area contributed by atoms with E-state index < -0.39 is 5.60 Å². The minimum Gasteiger partial charge on any atom is -0.364 e. The first-order valence-corrected chi connectivity index (χ1v) is 5.58. The van der Waals surface area contributed by atoms with Crippen LogP contribution in [0, 0.1) is 5.41 Å². The van der Waals surface area contributed by atoms with Crippen molar-refractivity contribution in [2.75, 3.05) is 0 Å². The van der Waals surface area contributed by atoms with E-state index in [1.165, 1.54) is 6.42 Å². The van der Waals surface area contributed by atoms with E-state index in [1.807, 2.05) is 13.8 Å². The maximum atomic E-state index is 11.3. The van der Waals surface area contributed by atoms with Gasteiger partial charge < -0.3 is 9.53 Å². The fraction of sp³-hybridized carbons (Fsp3) is 0.917. The van der Waals surface area contributed by atoms with Crippen LogP contribution in [-0.4, -0.2) is 18.0 Å². The van der Waals surface area contributed by atoms with Crippen LogP contribution in [0.5, 0.6) is 0 Å². The van der Waals surface area contributed by atoms with Crippen molar-refractivity contribution < 1.29 is 9.53 Å². The summed E-state index contributed by atoms with van der Waals surface area (Å²) in [7, 11) is 0. The zero-order valence-electron chi connectivity index (χ0n) is 9.80. The Balaban J connectivity index is 2.88. The van der Waals surface area contributed by atoms with Crippen LogP contribution in [0.2, 0.25) is 0 Å². The highest BCUT2D eigenvalue weighted by Gasteiger charge is 2.48. The lowest BCUT2D eigenvalue weighted by Gasteiger charge is -2.47. The highest BCUT2D eigenvalue weighted by molar-refractivity contribution is 5.64. The Labute approximate surface area is 87.0 Å². The normalized spacial score (nSPS) is 31.8. The summed E-state index contributed by atoms with van der Waals surface area (Å²) in [5.74, 6) is 0. The van der Waals surface area contributed by atoms with Crippen LogP contribution in [-0.2, 0) is 9.53 Å². The maximum absolute atomic E-state index is 11.3. The number of hydrogen-bond donors (Lipinski definition) is 0. The van der Waals surface area contributed by atoms with Crippen LogP contribution in [0.4, 0.5) is 0 Å². The predicted molar refractivity (Wildman–Crippen MR) is 57.3 cm³/mol. The van der Waals surface area contributed by atoms with Gasteiger partial charge in [-0.3, -0.25) is 0 Å². The van der Waals surface area contributed by atoms with Gasteiger partial charge in [-0.2, -0.15) is 0 Å². The SMILES string of the molecule is CC(C)OC1(C=O)CCCCC1(C)C. The van der Waals surface area contributed by atoms with Crippen LogP contribution in [0.15, 0.2) is 0 Å². The Morgan fingerprint density at radius 1 is 1.21 bits per heavy atom. The summed E-state index contributed by atoms with van der Waals surface area (Å²) in [5, 5.41) is 0. The van der Waals surface area contributed by atoms with Crippen molar-refractivity contribution in [2.24, 2.45) is 5.41 Å². The van der Waals surface area contributed by atoms with Gasteiger partial charge in [0.05, 0.1) is 6.10 Å². The first-order valence-electron chi connectivity index (χ1n) is 5.58. The third-order valence-corrected chi connectivity index (χ3v) is 3.38. The fourth-order valence-electron chi connectivity index (χ4n) is 2.39. The molecule has 14 heavy (non-hydrogen) atoms. The van der Waals surface area contributed by atoms with E-state index >= 15 is 0 Å². The van der Waals surface area contributed by atoms with Crippen molar-refractivity contribution in [3.8, 4) is 0 Å². The fourth-order valence-corrected chi connectivity index (χ4v) is 2.39. The Morgan fingerprint density at radius 3 is 2.21 bits per heavy atom. The summed E-state index contributed by atoms with van der Waals surface area (Å²) in [6.45, 7) is 8.28. The Morgan fingerprint density at radius 2 is 1.79 bits per heavy atom. The third-order valence-electron chi connectivity index (χ3n) is 3.38. The molecule has 1 unspecified atom stereocenters. The summed E-state index contributed by atoms with van der Waals surface area (Å²) in [5.41, 5.74) is -0.559. The molecule has 82 valence electrons. The van der Waals surface area contributed by atoms with E-state index in [0.29, 0.717) is 0 Å². The number of carbonyl (C=O) groups is 1. The van der Waals surface area contributed by atoms with Crippen LogP contribution < -0.4 is 0 Å². The molecule has 0 amide bonds. The molecular weight excluding hydrogens is 176 g/mol. The minimum absolute atomic E-state index is 0.0166. The molecule has 1 atom stereocenters. The van der Waals surface area contributed by atoms with E-state index in [0.717, 1.165) is 25.5 Å². The van der Waals surface area contributed by atoms with E-state index in [9.17, 15) is 4.79 Å². The van der Waals surface area contributed by atoms with Crippen molar-refractivity contribution in [3.05, 3.63) is 0 Å². The first-order chi connectivity index (χ1) is 6.43. The van der Waals surface area contributed by atoms with Crippen molar-refractivity contribution >= 4 is 6.29 Å². The minimum atomic E-state index is -0.542. The summed E-state index contributed by atoms with van der Waals surface area (Å²) in [4.78, 5) is 11.3. The molecule has 0 aromatic rings. The quantitative estimate of drug-likeness (QED) is 0.652. The molecule has 0 spiro atoms. The summed E-state index contributed by atoms with van der Waals surface area (Å²) < 4.78 is 5.88. The molecule has 2 heteroatoms. The lowest BCUT2D eigenvalue weighted by molar-refractivity contribution is -0.172. The summed E-state index contributed by atoms with van der Waals surface area (Å²) in [6.07, 6.45) is 5.43. The average molecular weight is 198 g/mol. The van der Waals surface area contributed by atoms with Crippen LogP contribution in [0.3, 0.4) is 0 Å². The van der Waals surface area contributed by atoms with Gasteiger partial charge in [0.25, 0.3) is 0 Å². The lowest BCUT2D eigenvalue weighted by Crippen LogP contribution is -2.52. The van der Waals surface area contributed by atoms with Gasteiger partial charge in [-0.25, -0.2) is 0 Å². The predicted octanol–water partition coefficient (Wildman–Crippen LogP) is 2.95. The maximum Gasteiger partial charge on any atom is 0.152 e. The molecule has 2 nitrogen and oxygen atoms in total. The molecular formula is C12H22O2. The van der Waals surface area contributed by atoms with Crippen molar-refractivity contribution in [2.45, 2.75) is 65.1 Å². The van der Waals surface area contributed by atoms with E-state index in [2.05, 4.69) is 13.8 Å². The van der Waals surface area contributed by atoms with Crippen LogP contribution in [0.25, 0.3) is 0 Å². The molecule has 0 bridgehead atoms. The number of hydrogen-bond acceptors (Lipinski definition) is 2. The van der Waals surface area contributed by atoms with Crippen molar-refractivity contribution in [1.82, 2.24) is 0 Å². The molecule has 0 aromatic carbocycles. The number of carbonyl (C=O) groups excluding carboxylic acids is 1. The summed E-state index contributed by atoms with van der Waals surface area (Å²) >= 11 is 0. The van der Waals surface area contributed by atoms with E-state index in [4.69, 9.17) is 4.74 Å². The lowest BCUT2D eigenvalue weighted by atomic mass is 9.66. The van der Waals surface area contributed by atoms with Gasteiger partial charge in [0, 0.05) is 5.41 Å². The Kier molecular flexibility index (Phi) is 3.36. The van der Waals surface area contributed by atoms with Crippen molar-refractivity contribution in [1.29, 1.82) is 0 Å². The highest BCUT2D eigenvalue weighted by atomic mass is 16.5. The largest absolute Gasteiger partial charge is 0.364 e. The molecule has 1 fully saturated rings. The zero-order chi connectivity index (χ0) is 10.8. The topological polar surface area (TPSA) is 26.3 Å². The average Bonchev–Trinajstić information content (AvgIpc) is 2.08. The van der Waals surface area contributed by atoms with Crippen molar-refractivity contribution in [3.63, 3.8) is 0 Å². The highest BCUT2D eigenvalue weighted by Crippen LogP contribution is 2.45. The van der Waals surface area contributed by atoms with Gasteiger partial charge in [-0.05, 0) is 26.7 Å². The van der Waals surface area contributed by atoms with Crippen LogP contribution >= 0.6 is 0 Å². The smallest absolute Gasteiger partial charge is 0.152 e. The molecule has 1 aliphatic carbocycles.